The summed E-state index contributed by atoms with van der Waals surface area (Å²) in [5, 5.41) is 4.30. The predicted octanol–water partition coefficient (Wildman–Crippen LogP) is 5.67. The summed E-state index contributed by atoms with van der Waals surface area (Å²) < 4.78 is 45.2. The largest absolute Gasteiger partial charge is 0.495 e. The number of hydrazone groups is 1. The Hall–Kier alpha value is -4.54. The summed E-state index contributed by atoms with van der Waals surface area (Å²) in [4.78, 5) is 13.0. The van der Waals surface area contributed by atoms with Crippen molar-refractivity contribution in [3.05, 3.63) is 113 Å². The van der Waals surface area contributed by atoms with Gasteiger partial charge in [0.1, 0.15) is 18.9 Å². The van der Waals surface area contributed by atoms with E-state index >= 15 is 0 Å². The Bertz CT molecular complexity index is 1630. The Labute approximate surface area is 250 Å². The molecule has 0 aliphatic carbocycles. The van der Waals surface area contributed by atoms with E-state index in [1.807, 2.05) is 37.3 Å². The van der Waals surface area contributed by atoms with Crippen LogP contribution in [-0.2, 0) is 21.4 Å². The highest BCUT2D eigenvalue weighted by molar-refractivity contribution is 7.92. The number of amides is 1. The summed E-state index contributed by atoms with van der Waals surface area (Å²) >= 11 is 6.18. The smallest absolute Gasteiger partial charge is 0.264 e. The molecule has 0 aliphatic heterocycles. The van der Waals surface area contributed by atoms with Gasteiger partial charge in [0.2, 0.25) is 0 Å². The summed E-state index contributed by atoms with van der Waals surface area (Å²) in [5.74, 6) is 0.643. The molecule has 0 aromatic heterocycles. The number of sulfonamides is 1. The molecule has 0 fully saturated rings. The van der Waals surface area contributed by atoms with Gasteiger partial charge in [-0.1, -0.05) is 60.1 Å². The molecule has 42 heavy (non-hydrogen) atoms. The van der Waals surface area contributed by atoms with Crippen LogP contribution >= 0.6 is 11.6 Å². The highest BCUT2D eigenvalue weighted by Gasteiger charge is 2.29. The van der Waals surface area contributed by atoms with Crippen LogP contribution in [0.3, 0.4) is 0 Å². The molecule has 0 heterocycles. The van der Waals surface area contributed by atoms with E-state index < -0.39 is 22.5 Å². The third kappa shape index (κ3) is 7.80. The van der Waals surface area contributed by atoms with Crippen LogP contribution in [0.5, 0.6) is 17.2 Å². The molecule has 0 bridgehead atoms. The van der Waals surface area contributed by atoms with Gasteiger partial charge in [0.25, 0.3) is 15.9 Å². The maximum Gasteiger partial charge on any atom is 0.264 e. The van der Waals surface area contributed by atoms with Crippen LogP contribution in [0.4, 0.5) is 5.69 Å². The molecule has 0 unspecified atom stereocenters. The maximum absolute atomic E-state index is 13.6. The molecule has 218 valence electrons. The second-order valence-electron chi connectivity index (χ2n) is 8.85. The van der Waals surface area contributed by atoms with Crippen molar-refractivity contribution in [2.24, 2.45) is 5.10 Å². The highest BCUT2D eigenvalue weighted by Crippen LogP contribution is 2.35. The van der Waals surface area contributed by atoms with Crippen LogP contribution < -0.4 is 23.9 Å². The van der Waals surface area contributed by atoms with Crippen LogP contribution in [0.25, 0.3) is 0 Å². The number of nitrogens with zero attached hydrogens (tertiary/aromatic N) is 2. The first-order chi connectivity index (χ1) is 20.3. The van der Waals surface area contributed by atoms with Crippen molar-refractivity contribution in [1.29, 1.82) is 0 Å². The summed E-state index contributed by atoms with van der Waals surface area (Å²) in [5.41, 5.74) is 4.17. The third-order valence-electron chi connectivity index (χ3n) is 5.94. The van der Waals surface area contributed by atoms with Crippen molar-refractivity contribution < 1.29 is 27.4 Å². The average molecular weight is 608 g/mol. The molecule has 1 N–H and O–H groups in total. The molecule has 4 aromatic carbocycles. The van der Waals surface area contributed by atoms with E-state index in [1.54, 1.807) is 42.5 Å². The van der Waals surface area contributed by atoms with E-state index in [0.717, 1.165) is 9.87 Å². The molecule has 0 saturated carbocycles. The maximum atomic E-state index is 13.6. The Morgan fingerprint density at radius 1 is 0.905 bits per heavy atom. The number of rotatable bonds is 13. The monoisotopic (exact) mass is 607 g/mol. The molecule has 11 heteroatoms. The van der Waals surface area contributed by atoms with Crippen molar-refractivity contribution in [2.75, 3.05) is 24.6 Å². The highest BCUT2D eigenvalue weighted by atomic mass is 35.5. The molecule has 0 spiro atoms. The van der Waals surface area contributed by atoms with E-state index in [1.165, 1.54) is 37.6 Å². The summed E-state index contributed by atoms with van der Waals surface area (Å²) in [6.07, 6.45) is 1.43. The van der Waals surface area contributed by atoms with E-state index in [4.69, 9.17) is 25.8 Å². The van der Waals surface area contributed by atoms with Crippen LogP contribution in [0, 0.1) is 0 Å². The lowest BCUT2D eigenvalue weighted by Crippen LogP contribution is -2.39. The molecule has 4 aromatic rings. The van der Waals surface area contributed by atoms with Gasteiger partial charge in [-0.15, -0.1) is 0 Å². The average Bonchev–Trinajstić information content (AvgIpc) is 3.00. The number of methoxy groups -OCH3 is 1. The minimum Gasteiger partial charge on any atom is -0.495 e. The summed E-state index contributed by atoms with van der Waals surface area (Å²) in [7, 11) is -2.76. The first-order valence-corrected chi connectivity index (χ1v) is 14.8. The van der Waals surface area contributed by atoms with Crippen LogP contribution in [0.2, 0.25) is 5.02 Å². The number of halogens is 1. The molecular weight excluding hydrogens is 578 g/mol. The SMILES string of the molecule is CCOc1cc(/C=N\NC(=O)CN(c2cc(Cl)ccc2OC)S(=O)(=O)c2ccccc2)ccc1OCc1ccccc1. The number of hydrogen-bond donors (Lipinski definition) is 1. The number of ether oxygens (including phenoxy) is 3. The zero-order valence-corrected chi connectivity index (χ0v) is 24.6. The fourth-order valence-electron chi connectivity index (χ4n) is 3.95. The molecule has 0 aliphatic rings. The predicted molar refractivity (Wildman–Crippen MR) is 163 cm³/mol. The number of carbonyl (C=O) groups is 1. The quantitative estimate of drug-likeness (QED) is 0.155. The zero-order valence-electron chi connectivity index (χ0n) is 23.1. The molecule has 0 atom stereocenters. The minimum atomic E-state index is -4.17. The van der Waals surface area contributed by atoms with Crippen LogP contribution in [0.15, 0.2) is 107 Å². The Balaban J connectivity index is 1.51. The fraction of sp³-hybridized carbons (Fsp3) is 0.161. The molecule has 4 rings (SSSR count). The van der Waals surface area contributed by atoms with E-state index in [2.05, 4.69) is 10.5 Å². The zero-order chi connectivity index (χ0) is 30.0. The van der Waals surface area contributed by atoms with Gasteiger partial charge in [-0.2, -0.15) is 5.10 Å². The van der Waals surface area contributed by atoms with Gasteiger partial charge in [0.05, 0.1) is 30.5 Å². The van der Waals surface area contributed by atoms with Crippen LogP contribution in [-0.4, -0.2) is 40.8 Å². The molecular formula is C31H30ClN3O6S. The first-order valence-electron chi connectivity index (χ1n) is 13.0. The van der Waals surface area contributed by atoms with Gasteiger partial charge in [-0.25, -0.2) is 13.8 Å². The number of hydrogen-bond acceptors (Lipinski definition) is 7. The molecule has 1 amide bonds. The Kier molecular flexibility index (Phi) is 10.4. The fourth-order valence-corrected chi connectivity index (χ4v) is 5.56. The normalized spacial score (nSPS) is 11.2. The number of anilines is 1. The second kappa shape index (κ2) is 14.4. The van der Waals surface area contributed by atoms with E-state index in [9.17, 15) is 13.2 Å². The Morgan fingerprint density at radius 3 is 2.29 bits per heavy atom. The lowest BCUT2D eigenvalue weighted by atomic mass is 10.2. The molecule has 9 nitrogen and oxygen atoms in total. The topological polar surface area (TPSA) is 107 Å². The van der Waals surface area contributed by atoms with Gasteiger partial charge in [0, 0.05) is 5.02 Å². The van der Waals surface area contributed by atoms with Crippen molar-refractivity contribution in [1.82, 2.24) is 5.43 Å². The van der Waals surface area contributed by atoms with E-state index in [0.29, 0.717) is 30.3 Å². The first kappa shape index (κ1) is 30.4. The van der Waals surface area contributed by atoms with Crippen LogP contribution in [0.1, 0.15) is 18.1 Å². The van der Waals surface area contributed by atoms with Gasteiger partial charge < -0.3 is 14.2 Å². The third-order valence-corrected chi connectivity index (χ3v) is 7.94. The van der Waals surface area contributed by atoms with Crippen molar-refractivity contribution in [3.63, 3.8) is 0 Å². The lowest BCUT2D eigenvalue weighted by Gasteiger charge is -2.25. The van der Waals surface area contributed by atoms with Gasteiger partial charge in [0.15, 0.2) is 11.5 Å². The van der Waals surface area contributed by atoms with Crippen molar-refractivity contribution in [2.45, 2.75) is 18.4 Å². The molecule has 0 saturated heterocycles. The molecule has 0 radical (unpaired) electrons. The van der Waals surface area contributed by atoms with Gasteiger partial charge >= 0.3 is 0 Å². The second-order valence-corrected chi connectivity index (χ2v) is 11.1. The number of benzene rings is 4. The van der Waals surface area contributed by atoms with Gasteiger partial charge in [-0.05, 0) is 66.6 Å². The standard InChI is InChI=1S/C31H30ClN3O6S/c1-3-40-30-18-24(14-16-29(30)41-22-23-10-6-4-7-11-23)20-33-34-31(36)21-35(27-19-25(32)15-17-28(27)39-2)42(37,38)26-12-8-5-9-13-26/h4-20H,3,21-22H2,1-2H3,(H,34,36)/b33-20-. The number of carbonyl (C=O) groups excluding carboxylic acids is 1. The van der Waals surface area contributed by atoms with Gasteiger partial charge in [-0.3, -0.25) is 9.10 Å². The summed E-state index contributed by atoms with van der Waals surface area (Å²) in [6.45, 7) is 2.09. The number of nitrogens with one attached hydrogen (secondary N) is 1. The summed E-state index contributed by atoms with van der Waals surface area (Å²) in [6, 6.07) is 27.3. The van der Waals surface area contributed by atoms with Crippen molar-refractivity contribution >= 4 is 39.4 Å². The Morgan fingerprint density at radius 2 is 1.60 bits per heavy atom. The van der Waals surface area contributed by atoms with Crippen molar-refractivity contribution in [3.8, 4) is 17.2 Å². The van der Waals surface area contributed by atoms with E-state index in [-0.39, 0.29) is 21.4 Å². The lowest BCUT2D eigenvalue weighted by molar-refractivity contribution is -0.119. The minimum absolute atomic E-state index is 0.00126.